The molecule has 136 valence electrons. The van der Waals surface area contributed by atoms with Gasteiger partial charge in [-0.05, 0) is 44.0 Å². The molecule has 0 saturated carbocycles. The van der Waals surface area contributed by atoms with Crippen molar-refractivity contribution in [1.82, 2.24) is 4.98 Å². The van der Waals surface area contributed by atoms with E-state index in [-0.39, 0.29) is 24.0 Å². The van der Waals surface area contributed by atoms with Gasteiger partial charge in [-0.25, -0.2) is 9.98 Å². The van der Waals surface area contributed by atoms with Crippen LogP contribution in [0.25, 0.3) is 10.6 Å². The van der Waals surface area contributed by atoms with Crippen LogP contribution in [0.4, 0.5) is 5.69 Å². The second-order valence-corrected chi connectivity index (χ2v) is 7.10. The van der Waals surface area contributed by atoms with E-state index in [4.69, 9.17) is 5.73 Å². The van der Waals surface area contributed by atoms with Crippen molar-refractivity contribution in [3.8, 4) is 10.6 Å². The SMILES string of the molecule is Cc1ccc(NC(N)=NCc2sc(-c3ccccc3)nc2C)cc1C.I. The number of rotatable bonds is 4. The van der Waals surface area contributed by atoms with Gasteiger partial charge in [0.2, 0.25) is 0 Å². The lowest BCUT2D eigenvalue weighted by molar-refractivity contribution is 1.05. The molecule has 0 aliphatic rings. The lowest BCUT2D eigenvalue weighted by Crippen LogP contribution is -2.22. The third-order valence-electron chi connectivity index (χ3n) is 4.09. The number of anilines is 1. The standard InChI is InChI=1S/C20H22N4S.HI/c1-13-9-10-17(11-14(13)2)24-20(21)22-12-18-15(3)23-19(25-18)16-7-5-4-6-8-16;/h4-11H,12H2,1-3H3,(H3,21,22,24);1H. The summed E-state index contributed by atoms with van der Waals surface area (Å²) in [4.78, 5) is 10.2. The van der Waals surface area contributed by atoms with Crippen molar-refractivity contribution in [3.63, 3.8) is 0 Å². The topological polar surface area (TPSA) is 63.3 Å². The van der Waals surface area contributed by atoms with Crippen molar-refractivity contribution in [2.45, 2.75) is 27.3 Å². The minimum absolute atomic E-state index is 0. The molecule has 0 spiro atoms. The predicted octanol–water partition coefficient (Wildman–Crippen LogP) is 5.28. The molecule has 3 N–H and O–H groups in total. The molecular weight excluding hydrogens is 455 g/mol. The molecule has 0 saturated heterocycles. The molecule has 0 aliphatic carbocycles. The zero-order valence-corrected chi connectivity index (χ0v) is 18.3. The van der Waals surface area contributed by atoms with Gasteiger partial charge in [0.1, 0.15) is 5.01 Å². The van der Waals surface area contributed by atoms with Crippen LogP contribution >= 0.6 is 35.3 Å². The first-order chi connectivity index (χ1) is 12.0. The number of benzene rings is 2. The van der Waals surface area contributed by atoms with E-state index in [1.165, 1.54) is 11.1 Å². The second kappa shape index (κ2) is 9.14. The lowest BCUT2D eigenvalue weighted by atomic mass is 10.1. The Hall–Kier alpha value is -1.93. The molecule has 0 amide bonds. The Kier molecular flexibility index (Phi) is 7.16. The molecule has 1 heterocycles. The number of halogens is 1. The van der Waals surface area contributed by atoms with Gasteiger partial charge in [0.15, 0.2) is 5.96 Å². The van der Waals surface area contributed by atoms with Gasteiger partial charge >= 0.3 is 0 Å². The molecule has 2 aromatic carbocycles. The number of nitrogens with zero attached hydrogens (tertiary/aromatic N) is 2. The zero-order chi connectivity index (χ0) is 17.8. The third kappa shape index (κ3) is 5.04. The highest BCUT2D eigenvalue weighted by molar-refractivity contribution is 14.0. The molecular formula is C20H23IN4S. The summed E-state index contributed by atoms with van der Waals surface area (Å²) in [6, 6.07) is 16.4. The summed E-state index contributed by atoms with van der Waals surface area (Å²) < 4.78 is 0. The zero-order valence-electron chi connectivity index (χ0n) is 15.1. The largest absolute Gasteiger partial charge is 0.370 e. The first kappa shape index (κ1) is 20.4. The average molecular weight is 478 g/mol. The molecule has 0 aliphatic heterocycles. The van der Waals surface area contributed by atoms with Crippen LogP contribution in [0.1, 0.15) is 21.7 Å². The highest BCUT2D eigenvalue weighted by atomic mass is 127. The van der Waals surface area contributed by atoms with Crippen molar-refractivity contribution in [2.75, 3.05) is 5.32 Å². The number of aromatic nitrogens is 1. The van der Waals surface area contributed by atoms with E-state index < -0.39 is 0 Å². The van der Waals surface area contributed by atoms with Gasteiger partial charge in [-0.3, -0.25) is 0 Å². The van der Waals surface area contributed by atoms with Gasteiger partial charge in [-0.15, -0.1) is 35.3 Å². The van der Waals surface area contributed by atoms with Crippen LogP contribution in [-0.2, 0) is 6.54 Å². The van der Waals surface area contributed by atoms with Gasteiger partial charge in [0, 0.05) is 16.1 Å². The maximum atomic E-state index is 6.03. The Labute approximate surface area is 175 Å². The molecule has 4 nitrogen and oxygen atoms in total. The van der Waals surface area contributed by atoms with Crippen LogP contribution in [0.5, 0.6) is 0 Å². The summed E-state index contributed by atoms with van der Waals surface area (Å²) >= 11 is 1.66. The fraction of sp³-hybridized carbons (Fsp3) is 0.200. The Bertz CT molecular complexity index is 903. The molecule has 0 unspecified atom stereocenters. The Balaban J connectivity index is 0.00000243. The lowest BCUT2D eigenvalue weighted by Gasteiger charge is -2.07. The third-order valence-corrected chi connectivity index (χ3v) is 5.28. The number of aliphatic imine (C=N–C) groups is 1. The Morgan fingerprint density at radius 1 is 1.08 bits per heavy atom. The van der Waals surface area contributed by atoms with Crippen molar-refractivity contribution in [3.05, 3.63) is 70.2 Å². The number of hydrogen-bond acceptors (Lipinski definition) is 3. The van der Waals surface area contributed by atoms with E-state index in [1.54, 1.807) is 11.3 Å². The molecule has 26 heavy (non-hydrogen) atoms. The normalized spacial score (nSPS) is 11.1. The molecule has 6 heteroatoms. The number of aryl methyl sites for hydroxylation is 3. The van der Waals surface area contributed by atoms with Crippen molar-refractivity contribution >= 4 is 47.0 Å². The fourth-order valence-electron chi connectivity index (χ4n) is 2.44. The number of thiazole rings is 1. The Morgan fingerprint density at radius 2 is 1.81 bits per heavy atom. The fourth-order valence-corrected chi connectivity index (χ4v) is 3.43. The van der Waals surface area contributed by atoms with Crippen LogP contribution in [-0.4, -0.2) is 10.9 Å². The summed E-state index contributed by atoms with van der Waals surface area (Å²) in [5.74, 6) is 0.414. The quantitative estimate of drug-likeness (QED) is 0.305. The summed E-state index contributed by atoms with van der Waals surface area (Å²) in [5, 5.41) is 4.17. The molecule has 1 aromatic heterocycles. The highest BCUT2D eigenvalue weighted by Gasteiger charge is 2.09. The molecule has 0 radical (unpaired) electrons. The minimum Gasteiger partial charge on any atom is -0.370 e. The van der Waals surface area contributed by atoms with E-state index in [9.17, 15) is 0 Å². The van der Waals surface area contributed by atoms with E-state index in [0.29, 0.717) is 12.5 Å². The van der Waals surface area contributed by atoms with E-state index in [1.807, 2.05) is 31.2 Å². The maximum absolute atomic E-state index is 6.03. The smallest absolute Gasteiger partial charge is 0.193 e. The molecule has 0 atom stereocenters. The first-order valence-electron chi connectivity index (χ1n) is 8.19. The van der Waals surface area contributed by atoms with E-state index in [0.717, 1.165) is 26.8 Å². The number of guanidine groups is 1. The molecule has 3 aromatic rings. The van der Waals surface area contributed by atoms with Crippen LogP contribution in [0.3, 0.4) is 0 Å². The van der Waals surface area contributed by atoms with Crippen LogP contribution in [0.15, 0.2) is 53.5 Å². The van der Waals surface area contributed by atoms with Crippen molar-refractivity contribution in [2.24, 2.45) is 10.7 Å². The number of hydrogen-bond donors (Lipinski definition) is 2. The predicted molar refractivity (Wildman–Crippen MR) is 123 cm³/mol. The van der Waals surface area contributed by atoms with E-state index >= 15 is 0 Å². The highest BCUT2D eigenvalue weighted by Crippen LogP contribution is 2.28. The summed E-state index contributed by atoms with van der Waals surface area (Å²) in [5.41, 5.74) is 11.6. The van der Waals surface area contributed by atoms with Gasteiger partial charge in [-0.2, -0.15) is 0 Å². The monoisotopic (exact) mass is 478 g/mol. The van der Waals surface area contributed by atoms with Gasteiger partial charge < -0.3 is 11.1 Å². The van der Waals surface area contributed by atoms with Crippen LogP contribution < -0.4 is 11.1 Å². The van der Waals surface area contributed by atoms with Crippen LogP contribution in [0, 0.1) is 20.8 Å². The average Bonchev–Trinajstić information content (AvgIpc) is 2.98. The molecule has 0 bridgehead atoms. The Morgan fingerprint density at radius 3 is 2.50 bits per heavy atom. The van der Waals surface area contributed by atoms with Crippen LogP contribution in [0.2, 0.25) is 0 Å². The van der Waals surface area contributed by atoms with Gasteiger partial charge in [0.25, 0.3) is 0 Å². The summed E-state index contributed by atoms with van der Waals surface area (Å²) in [6.07, 6.45) is 0. The van der Waals surface area contributed by atoms with Crippen molar-refractivity contribution in [1.29, 1.82) is 0 Å². The molecule has 0 fully saturated rings. The van der Waals surface area contributed by atoms with E-state index in [2.05, 4.69) is 53.4 Å². The minimum atomic E-state index is 0. The van der Waals surface area contributed by atoms with Gasteiger partial charge in [-0.1, -0.05) is 36.4 Å². The number of nitrogens with one attached hydrogen (secondary N) is 1. The first-order valence-corrected chi connectivity index (χ1v) is 9.00. The molecule has 3 rings (SSSR count). The summed E-state index contributed by atoms with van der Waals surface area (Å²) in [6.45, 7) is 6.72. The van der Waals surface area contributed by atoms with Crippen molar-refractivity contribution < 1.29 is 0 Å². The second-order valence-electron chi connectivity index (χ2n) is 6.02. The van der Waals surface area contributed by atoms with Gasteiger partial charge in [0.05, 0.1) is 12.2 Å². The number of nitrogens with two attached hydrogens (primary N) is 1. The summed E-state index contributed by atoms with van der Waals surface area (Å²) in [7, 11) is 0. The maximum Gasteiger partial charge on any atom is 0.193 e.